The maximum absolute atomic E-state index is 12.8. The lowest BCUT2D eigenvalue weighted by molar-refractivity contribution is 0.0209. The van der Waals surface area contributed by atoms with E-state index in [0.29, 0.717) is 38.1 Å². The molecule has 10 heteroatoms. The van der Waals surface area contributed by atoms with Gasteiger partial charge in [0.2, 0.25) is 5.95 Å². The highest BCUT2D eigenvalue weighted by Gasteiger charge is 2.22. The number of β-amino-alcohol motifs (C(OH)–C–C–N with tert-alkyl or cyclic N) is 1. The van der Waals surface area contributed by atoms with Crippen LogP contribution in [0.25, 0.3) is 0 Å². The quantitative estimate of drug-likeness (QED) is 0.387. The van der Waals surface area contributed by atoms with E-state index in [-0.39, 0.29) is 30.8 Å². The van der Waals surface area contributed by atoms with Crippen molar-refractivity contribution >= 4 is 17.7 Å². The summed E-state index contributed by atoms with van der Waals surface area (Å²) in [7, 11) is 1.75. The molecule has 0 saturated carbocycles. The average Bonchev–Trinajstić information content (AvgIpc) is 2.79. The maximum atomic E-state index is 12.8. The number of benzene rings is 1. The molecule has 0 spiro atoms. The van der Waals surface area contributed by atoms with Gasteiger partial charge in [0.1, 0.15) is 11.5 Å². The molecule has 0 bridgehead atoms. The summed E-state index contributed by atoms with van der Waals surface area (Å²) in [5.74, 6) is 0.481. The second kappa shape index (κ2) is 10.9. The Kier molecular flexibility index (Phi) is 7.71. The fraction of sp³-hybridized carbons (Fsp3) is 0.522. The minimum Gasteiger partial charge on any atom is -0.395 e. The van der Waals surface area contributed by atoms with Crippen LogP contribution in [0.5, 0.6) is 0 Å². The molecule has 0 aliphatic carbocycles. The zero-order valence-electron chi connectivity index (χ0n) is 18.9. The van der Waals surface area contributed by atoms with Crippen LogP contribution in [0.4, 0.5) is 11.8 Å². The number of nitrogens with one attached hydrogen (secondary N) is 2. The highest BCUT2D eigenvalue weighted by atomic mass is 16.5. The molecule has 2 aliphatic heterocycles. The molecular weight excluding hydrogens is 424 g/mol. The van der Waals surface area contributed by atoms with Crippen LogP contribution in [0.15, 0.2) is 30.3 Å². The molecule has 1 amide bonds. The molecule has 33 heavy (non-hydrogen) atoms. The number of aliphatic hydroxyl groups is 2. The Bertz CT molecular complexity index is 954. The third-order valence-electron chi connectivity index (χ3n) is 5.89. The molecule has 10 nitrogen and oxygen atoms in total. The SMILES string of the molecule is CN(CCO)c1nc(NC2COC2)cc(C(=O)NCC(O)CN2CCc3ccccc3C2)n1. The molecule has 4 rings (SSSR count). The van der Waals surface area contributed by atoms with Crippen LogP contribution in [0.2, 0.25) is 0 Å². The van der Waals surface area contributed by atoms with E-state index in [0.717, 1.165) is 19.5 Å². The van der Waals surface area contributed by atoms with Gasteiger partial charge in [0, 0.05) is 45.8 Å². The second-order valence-electron chi connectivity index (χ2n) is 8.58. The van der Waals surface area contributed by atoms with Gasteiger partial charge in [-0.1, -0.05) is 24.3 Å². The lowest BCUT2D eigenvalue weighted by Crippen LogP contribution is -2.42. The van der Waals surface area contributed by atoms with Crippen LogP contribution < -0.4 is 15.5 Å². The molecular formula is C23H32N6O4. The summed E-state index contributed by atoms with van der Waals surface area (Å²) in [4.78, 5) is 25.5. The standard InChI is InChI=1S/C23H32N6O4/c1-28(8-9-30)23-26-20(10-21(27-23)25-18-14-33-15-18)22(32)24-11-19(31)13-29-7-6-16-4-2-3-5-17(16)12-29/h2-5,10,18-19,30-31H,6-9,11-15H2,1H3,(H,24,32)(H,25,26,27). The average molecular weight is 457 g/mol. The first-order valence-electron chi connectivity index (χ1n) is 11.3. The number of carbonyl (C=O) groups excluding carboxylic acids is 1. The normalized spacial score (nSPS) is 17.1. The number of anilines is 2. The first-order valence-corrected chi connectivity index (χ1v) is 11.3. The summed E-state index contributed by atoms with van der Waals surface area (Å²) in [5, 5.41) is 25.8. The van der Waals surface area contributed by atoms with Crippen LogP contribution in [-0.4, -0.2) is 96.2 Å². The van der Waals surface area contributed by atoms with Gasteiger partial charge in [-0.3, -0.25) is 9.69 Å². The van der Waals surface area contributed by atoms with Crippen molar-refractivity contribution in [1.29, 1.82) is 0 Å². The first-order chi connectivity index (χ1) is 16.0. The summed E-state index contributed by atoms with van der Waals surface area (Å²) in [6.45, 7) is 3.75. The predicted molar refractivity (Wildman–Crippen MR) is 124 cm³/mol. The van der Waals surface area contributed by atoms with Crippen LogP contribution in [0, 0.1) is 0 Å². The molecule has 1 atom stereocenters. The fourth-order valence-electron chi connectivity index (χ4n) is 3.95. The number of hydrogen-bond donors (Lipinski definition) is 4. The lowest BCUT2D eigenvalue weighted by atomic mass is 10.00. The van der Waals surface area contributed by atoms with E-state index in [4.69, 9.17) is 4.74 Å². The van der Waals surface area contributed by atoms with Crippen LogP contribution in [-0.2, 0) is 17.7 Å². The Labute approximate surface area is 193 Å². The van der Waals surface area contributed by atoms with Gasteiger partial charge in [-0.05, 0) is 17.5 Å². The zero-order chi connectivity index (χ0) is 23.2. The maximum Gasteiger partial charge on any atom is 0.270 e. The van der Waals surface area contributed by atoms with E-state index in [1.165, 1.54) is 11.1 Å². The number of aliphatic hydroxyl groups excluding tert-OH is 2. The minimum absolute atomic E-state index is 0.0529. The summed E-state index contributed by atoms with van der Waals surface area (Å²) in [5.41, 5.74) is 2.85. The molecule has 178 valence electrons. The number of fused-ring (bicyclic) bond motifs is 1. The van der Waals surface area contributed by atoms with Gasteiger partial charge in [0.25, 0.3) is 5.91 Å². The molecule has 1 aromatic carbocycles. The van der Waals surface area contributed by atoms with Crippen LogP contribution in [0.3, 0.4) is 0 Å². The van der Waals surface area contributed by atoms with Crippen molar-refractivity contribution in [3.8, 4) is 0 Å². The van der Waals surface area contributed by atoms with E-state index in [2.05, 4.69) is 43.7 Å². The van der Waals surface area contributed by atoms with E-state index >= 15 is 0 Å². The Balaban J connectivity index is 1.34. The van der Waals surface area contributed by atoms with E-state index < -0.39 is 6.10 Å². The summed E-state index contributed by atoms with van der Waals surface area (Å²) >= 11 is 0. The zero-order valence-corrected chi connectivity index (χ0v) is 18.9. The van der Waals surface area contributed by atoms with Crippen molar-refractivity contribution < 1.29 is 19.7 Å². The van der Waals surface area contributed by atoms with Crippen molar-refractivity contribution in [2.75, 3.05) is 63.3 Å². The van der Waals surface area contributed by atoms with Gasteiger partial charge in [-0.15, -0.1) is 0 Å². The van der Waals surface area contributed by atoms with Crippen molar-refractivity contribution in [3.05, 3.63) is 47.2 Å². The molecule has 1 fully saturated rings. The fourth-order valence-corrected chi connectivity index (χ4v) is 3.95. The van der Waals surface area contributed by atoms with Gasteiger partial charge >= 0.3 is 0 Å². The molecule has 1 saturated heterocycles. The molecule has 4 N–H and O–H groups in total. The summed E-state index contributed by atoms with van der Waals surface area (Å²) < 4.78 is 5.19. The Morgan fingerprint density at radius 3 is 2.82 bits per heavy atom. The third-order valence-corrected chi connectivity index (χ3v) is 5.89. The third kappa shape index (κ3) is 6.17. The largest absolute Gasteiger partial charge is 0.395 e. The number of aromatic nitrogens is 2. The summed E-state index contributed by atoms with van der Waals surface area (Å²) in [6.07, 6.45) is 0.268. The monoisotopic (exact) mass is 456 g/mol. The van der Waals surface area contributed by atoms with Crippen LogP contribution in [0.1, 0.15) is 21.6 Å². The van der Waals surface area contributed by atoms with Crippen molar-refractivity contribution in [1.82, 2.24) is 20.2 Å². The van der Waals surface area contributed by atoms with Gasteiger partial charge in [-0.25, -0.2) is 4.98 Å². The molecule has 3 heterocycles. The first kappa shape index (κ1) is 23.4. The topological polar surface area (TPSA) is 123 Å². The molecule has 0 radical (unpaired) electrons. The number of ether oxygens (including phenoxy) is 1. The van der Waals surface area contributed by atoms with E-state index in [9.17, 15) is 15.0 Å². The molecule has 2 aromatic rings. The van der Waals surface area contributed by atoms with Gasteiger partial charge in [0.15, 0.2) is 0 Å². The number of carbonyl (C=O) groups is 1. The van der Waals surface area contributed by atoms with Gasteiger partial charge in [-0.2, -0.15) is 4.98 Å². The highest BCUT2D eigenvalue weighted by molar-refractivity contribution is 5.93. The number of nitrogens with zero attached hydrogens (tertiary/aromatic N) is 4. The summed E-state index contributed by atoms with van der Waals surface area (Å²) in [6, 6.07) is 10.1. The molecule has 2 aliphatic rings. The Hall–Kier alpha value is -2.79. The van der Waals surface area contributed by atoms with E-state index in [1.807, 2.05) is 6.07 Å². The Morgan fingerprint density at radius 2 is 2.09 bits per heavy atom. The number of likely N-dealkylation sites (N-methyl/N-ethyl adjacent to an activating group) is 1. The second-order valence-corrected chi connectivity index (χ2v) is 8.58. The number of rotatable bonds is 10. The smallest absolute Gasteiger partial charge is 0.270 e. The lowest BCUT2D eigenvalue weighted by Gasteiger charge is -2.30. The van der Waals surface area contributed by atoms with Crippen molar-refractivity contribution in [3.63, 3.8) is 0 Å². The number of amides is 1. The Morgan fingerprint density at radius 1 is 1.30 bits per heavy atom. The number of hydrogen-bond acceptors (Lipinski definition) is 9. The van der Waals surface area contributed by atoms with Crippen molar-refractivity contribution in [2.24, 2.45) is 0 Å². The molecule has 1 aromatic heterocycles. The minimum atomic E-state index is -0.692. The van der Waals surface area contributed by atoms with Crippen LogP contribution >= 0.6 is 0 Å². The predicted octanol–water partition coefficient (Wildman–Crippen LogP) is -0.135. The highest BCUT2D eigenvalue weighted by Crippen LogP contribution is 2.19. The van der Waals surface area contributed by atoms with E-state index in [1.54, 1.807) is 18.0 Å². The van der Waals surface area contributed by atoms with Crippen molar-refractivity contribution in [2.45, 2.75) is 25.1 Å². The molecule has 1 unspecified atom stereocenters. The van der Waals surface area contributed by atoms with Gasteiger partial charge < -0.3 is 30.5 Å². The van der Waals surface area contributed by atoms with Gasteiger partial charge in [0.05, 0.1) is 32.0 Å².